The fourth-order valence-electron chi connectivity index (χ4n) is 2.26. The molecule has 150 valence electrons. The summed E-state index contributed by atoms with van der Waals surface area (Å²) in [6, 6.07) is 11.4. The molecule has 0 unspecified atom stereocenters. The van der Waals surface area contributed by atoms with Crippen LogP contribution >= 0.6 is 11.6 Å². The topological polar surface area (TPSA) is 70.7 Å². The van der Waals surface area contributed by atoms with E-state index in [1.54, 1.807) is 12.1 Å². The molecule has 0 aliphatic carbocycles. The Morgan fingerprint density at radius 1 is 1.14 bits per heavy atom. The number of hydrogen-bond donors (Lipinski definition) is 2. The number of nitrogens with one attached hydrogen (secondary N) is 2. The highest BCUT2D eigenvalue weighted by Gasteiger charge is 2.14. The summed E-state index contributed by atoms with van der Waals surface area (Å²) in [5, 5.41) is 5.53. The van der Waals surface area contributed by atoms with Crippen LogP contribution < -0.4 is 15.4 Å². The normalized spacial score (nSPS) is 10.5. The number of ether oxygens (including phenoxy) is 1. The minimum atomic E-state index is -2.97. The van der Waals surface area contributed by atoms with Gasteiger partial charge >= 0.3 is 6.61 Å². The predicted octanol–water partition coefficient (Wildman–Crippen LogP) is 3.76. The summed E-state index contributed by atoms with van der Waals surface area (Å²) in [5.74, 6) is -0.808. The Morgan fingerprint density at radius 2 is 1.79 bits per heavy atom. The van der Waals surface area contributed by atoms with Crippen molar-refractivity contribution in [3.8, 4) is 5.75 Å². The van der Waals surface area contributed by atoms with Gasteiger partial charge in [-0.05, 0) is 37.3 Å². The number of benzene rings is 2. The van der Waals surface area contributed by atoms with Crippen molar-refractivity contribution in [1.29, 1.82) is 0 Å². The van der Waals surface area contributed by atoms with Gasteiger partial charge in [0.15, 0.2) is 0 Å². The van der Waals surface area contributed by atoms with Crippen LogP contribution in [0, 0.1) is 6.92 Å². The molecular weight excluding hydrogens is 392 g/mol. The number of likely N-dealkylation sites (N-methyl/N-ethyl adjacent to an activating group) is 1. The lowest BCUT2D eigenvalue weighted by molar-refractivity contribution is -0.131. The van der Waals surface area contributed by atoms with Crippen LogP contribution in [0.3, 0.4) is 0 Å². The number of rotatable bonds is 8. The second-order valence-electron chi connectivity index (χ2n) is 6.04. The third-order valence-corrected chi connectivity index (χ3v) is 4.03. The zero-order valence-corrected chi connectivity index (χ0v) is 16.1. The number of alkyl halides is 2. The Labute approximate surface area is 166 Å². The van der Waals surface area contributed by atoms with Crippen molar-refractivity contribution in [2.75, 3.05) is 30.8 Å². The van der Waals surface area contributed by atoms with Crippen molar-refractivity contribution in [3.63, 3.8) is 0 Å². The van der Waals surface area contributed by atoms with E-state index in [-0.39, 0.29) is 35.7 Å². The monoisotopic (exact) mass is 411 g/mol. The SMILES string of the molecule is Cc1ccc(NC(=O)CN(C)C(=O)CNc2ccc(OC(F)F)c(Cl)c2)cc1. The summed E-state index contributed by atoms with van der Waals surface area (Å²) >= 11 is 5.86. The molecule has 0 aliphatic heterocycles. The summed E-state index contributed by atoms with van der Waals surface area (Å²) in [6.07, 6.45) is 0. The van der Waals surface area contributed by atoms with E-state index in [4.69, 9.17) is 11.6 Å². The molecule has 0 bridgehead atoms. The number of carbonyl (C=O) groups excluding carboxylic acids is 2. The molecule has 2 N–H and O–H groups in total. The van der Waals surface area contributed by atoms with Crippen molar-refractivity contribution in [3.05, 3.63) is 53.1 Å². The molecule has 0 saturated carbocycles. The first-order chi connectivity index (χ1) is 13.2. The minimum absolute atomic E-state index is 0.0106. The van der Waals surface area contributed by atoms with Crippen LogP contribution in [0.1, 0.15) is 5.56 Å². The van der Waals surface area contributed by atoms with Crippen LogP contribution in [0.15, 0.2) is 42.5 Å². The molecule has 0 fully saturated rings. The molecule has 28 heavy (non-hydrogen) atoms. The second kappa shape index (κ2) is 9.89. The van der Waals surface area contributed by atoms with Gasteiger partial charge in [0.2, 0.25) is 11.8 Å². The fourth-order valence-corrected chi connectivity index (χ4v) is 2.48. The van der Waals surface area contributed by atoms with Gasteiger partial charge < -0.3 is 20.3 Å². The van der Waals surface area contributed by atoms with E-state index in [0.717, 1.165) is 5.56 Å². The molecule has 0 radical (unpaired) electrons. The quantitative estimate of drug-likeness (QED) is 0.694. The highest BCUT2D eigenvalue weighted by molar-refractivity contribution is 6.32. The molecule has 0 heterocycles. The van der Waals surface area contributed by atoms with Crippen LogP contribution in [0.5, 0.6) is 5.75 Å². The largest absolute Gasteiger partial charge is 0.433 e. The third kappa shape index (κ3) is 6.70. The summed E-state index contributed by atoms with van der Waals surface area (Å²) in [4.78, 5) is 25.5. The Balaban J connectivity index is 1.82. The van der Waals surface area contributed by atoms with Gasteiger partial charge in [-0.3, -0.25) is 9.59 Å². The molecule has 0 atom stereocenters. The van der Waals surface area contributed by atoms with Crippen LogP contribution in [0.25, 0.3) is 0 Å². The molecule has 2 aromatic carbocycles. The van der Waals surface area contributed by atoms with Crippen molar-refractivity contribution >= 4 is 34.8 Å². The first kappa shape index (κ1) is 21.4. The molecule has 0 spiro atoms. The zero-order chi connectivity index (χ0) is 20.7. The Morgan fingerprint density at radius 3 is 2.39 bits per heavy atom. The van der Waals surface area contributed by atoms with Gasteiger partial charge in [-0.1, -0.05) is 29.3 Å². The number of halogens is 3. The minimum Gasteiger partial charge on any atom is -0.433 e. The van der Waals surface area contributed by atoms with Gasteiger partial charge in [0.05, 0.1) is 18.1 Å². The van der Waals surface area contributed by atoms with E-state index in [1.165, 1.54) is 30.1 Å². The Hall–Kier alpha value is -2.87. The molecule has 0 saturated heterocycles. The van der Waals surface area contributed by atoms with Gasteiger partial charge in [-0.25, -0.2) is 0 Å². The van der Waals surface area contributed by atoms with Crippen LogP contribution in [-0.2, 0) is 9.59 Å². The Bertz CT molecular complexity index is 832. The first-order valence-corrected chi connectivity index (χ1v) is 8.71. The van der Waals surface area contributed by atoms with Gasteiger partial charge in [0.25, 0.3) is 0 Å². The summed E-state index contributed by atoms with van der Waals surface area (Å²) < 4.78 is 28.7. The number of carbonyl (C=O) groups is 2. The van der Waals surface area contributed by atoms with Crippen molar-refractivity contribution in [2.45, 2.75) is 13.5 Å². The average molecular weight is 412 g/mol. The summed E-state index contributed by atoms with van der Waals surface area (Å²) in [7, 11) is 1.51. The van der Waals surface area contributed by atoms with Crippen LogP contribution in [0.4, 0.5) is 20.2 Å². The van der Waals surface area contributed by atoms with Crippen LogP contribution in [0.2, 0.25) is 5.02 Å². The van der Waals surface area contributed by atoms with Gasteiger partial charge in [-0.15, -0.1) is 0 Å². The van der Waals surface area contributed by atoms with Crippen molar-refractivity contribution in [2.24, 2.45) is 0 Å². The molecular formula is C19H20ClF2N3O3. The summed E-state index contributed by atoms with van der Waals surface area (Å²) in [6.45, 7) is -1.24. The highest BCUT2D eigenvalue weighted by atomic mass is 35.5. The van der Waals surface area contributed by atoms with E-state index >= 15 is 0 Å². The maximum absolute atomic E-state index is 12.2. The second-order valence-corrected chi connectivity index (χ2v) is 6.45. The Kier molecular flexibility index (Phi) is 7.57. The molecule has 0 aromatic heterocycles. The number of nitrogens with zero attached hydrogens (tertiary/aromatic N) is 1. The number of aryl methyl sites for hydroxylation is 1. The predicted molar refractivity (Wildman–Crippen MR) is 104 cm³/mol. The fraction of sp³-hybridized carbons (Fsp3) is 0.263. The summed E-state index contributed by atoms with van der Waals surface area (Å²) in [5.41, 5.74) is 2.18. The highest BCUT2D eigenvalue weighted by Crippen LogP contribution is 2.28. The number of amides is 2. The van der Waals surface area contributed by atoms with Gasteiger partial charge in [0.1, 0.15) is 5.75 Å². The standard InChI is InChI=1S/C19H20ClF2N3O3/c1-12-3-5-13(6-4-12)24-17(26)11-25(2)18(27)10-23-14-7-8-16(15(20)9-14)28-19(21)22/h3-9,19,23H,10-11H2,1-2H3,(H,24,26). The molecule has 2 rings (SSSR count). The van der Waals surface area contributed by atoms with Crippen molar-refractivity contribution in [1.82, 2.24) is 4.90 Å². The van der Waals surface area contributed by atoms with E-state index in [2.05, 4.69) is 15.4 Å². The third-order valence-electron chi connectivity index (χ3n) is 3.73. The maximum atomic E-state index is 12.2. The molecule has 6 nitrogen and oxygen atoms in total. The van der Waals surface area contributed by atoms with Gasteiger partial charge in [-0.2, -0.15) is 8.78 Å². The maximum Gasteiger partial charge on any atom is 0.387 e. The van der Waals surface area contributed by atoms with Gasteiger partial charge in [0, 0.05) is 18.4 Å². The lowest BCUT2D eigenvalue weighted by Gasteiger charge is -2.18. The lowest BCUT2D eigenvalue weighted by atomic mass is 10.2. The van der Waals surface area contributed by atoms with E-state index in [9.17, 15) is 18.4 Å². The van der Waals surface area contributed by atoms with E-state index in [0.29, 0.717) is 11.4 Å². The number of hydrogen-bond acceptors (Lipinski definition) is 4. The van der Waals surface area contributed by atoms with Crippen molar-refractivity contribution < 1.29 is 23.1 Å². The lowest BCUT2D eigenvalue weighted by Crippen LogP contribution is -2.38. The van der Waals surface area contributed by atoms with E-state index < -0.39 is 6.61 Å². The molecule has 2 aromatic rings. The molecule has 2 amide bonds. The molecule has 9 heteroatoms. The van der Waals surface area contributed by atoms with Crippen LogP contribution in [-0.4, -0.2) is 43.5 Å². The first-order valence-electron chi connectivity index (χ1n) is 8.33. The number of anilines is 2. The zero-order valence-electron chi connectivity index (χ0n) is 15.3. The smallest absolute Gasteiger partial charge is 0.387 e. The average Bonchev–Trinajstić information content (AvgIpc) is 2.63. The van der Waals surface area contributed by atoms with E-state index in [1.807, 2.05) is 19.1 Å². The molecule has 0 aliphatic rings.